The molecule has 6 aromatic carbocycles. The van der Waals surface area contributed by atoms with Crippen LogP contribution < -0.4 is 9.64 Å². The highest BCUT2D eigenvalue weighted by atomic mass is 32.1. The van der Waals surface area contributed by atoms with Crippen molar-refractivity contribution in [3.8, 4) is 34.1 Å². The number of furan rings is 1. The summed E-state index contributed by atoms with van der Waals surface area (Å²) in [6.45, 7) is 0. The highest BCUT2D eigenvalue weighted by Gasteiger charge is 2.26. The predicted octanol–water partition coefficient (Wildman–Crippen LogP) is 12.6. The third kappa shape index (κ3) is 3.41. The molecule has 0 amide bonds. The number of aromatic nitrogens is 1. The molecular weight excluding hydrogens is 597 g/mol. The number of hydrogen-bond acceptors (Lipinski definition) is 4. The molecule has 1 aliphatic rings. The fourth-order valence-corrected chi connectivity index (χ4v) is 8.52. The maximum Gasteiger partial charge on any atom is 0.151 e. The van der Waals surface area contributed by atoms with Crippen LogP contribution in [0.25, 0.3) is 70.8 Å². The molecule has 0 atom stereocenters. The van der Waals surface area contributed by atoms with Gasteiger partial charge in [-0.05, 0) is 78.2 Å². The number of hydrogen-bond donors (Lipinski definition) is 0. The van der Waals surface area contributed by atoms with E-state index in [4.69, 9.17) is 9.15 Å². The Morgan fingerprint density at radius 3 is 1.81 bits per heavy atom. The lowest BCUT2D eigenvalue weighted by atomic mass is 10.0. The Kier molecular flexibility index (Phi) is 4.96. The van der Waals surface area contributed by atoms with E-state index in [1.807, 2.05) is 24.3 Å². The number of ether oxygens (including phenoxy) is 1. The fourth-order valence-electron chi connectivity index (χ4n) is 7.59. The molecule has 0 unspecified atom stereocenters. The zero-order valence-electron chi connectivity index (χ0n) is 25.0. The van der Waals surface area contributed by atoms with Gasteiger partial charge in [0.05, 0.1) is 22.4 Å². The molecule has 5 heteroatoms. The quantitative estimate of drug-likeness (QED) is 0.197. The number of para-hydroxylation sites is 5. The van der Waals surface area contributed by atoms with Crippen LogP contribution in [0.2, 0.25) is 0 Å². The van der Waals surface area contributed by atoms with E-state index in [1.165, 1.54) is 37.4 Å². The van der Waals surface area contributed by atoms with Gasteiger partial charge in [-0.2, -0.15) is 0 Å². The first-order valence-corrected chi connectivity index (χ1v) is 16.6. The largest absolute Gasteiger partial charge is 0.455 e. The summed E-state index contributed by atoms with van der Waals surface area (Å²) < 4.78 is 15.6. The van der Waals surface area contributed by atoms with Crippen molar-refractivity contribution < 1.29 is 9.15 Å². The highest BCUT2D eigenvalue weighted by molar-refractivity contribution is 7.17. The van der Waals surface area contributed by atoms with Crippen molar-refractivity contribution in [3.63, 3.8) is 0 Å². The van der Waals surface area contributed by atoms with Crippen molar-refractivity contribution >= 4 is 76.6 Å². The van der Waals surface area contributed by atoms with Crippen LogP contribution in [-0.4, -0.2) is 4.40 Å². The molecule has 11 rings (SSSR count). The van der Waals surface area contributed by atoms with Crippen LogP contribution in [0.3, 0.4) is 0 Å². The van der Waals surface area contributed by atoms with Crippen LogP contribution in [0.15, 0.2) is 149 Å². The number of thiophene rings is 1. The Morgan fingerprint density at radius 2 is 1.09 bits per heavy atom. The van der Waals surface area contributed by atoms with Crippen LogP contribution in [0.4, 0.5) is 17.1 Å². The smallest absolute Gasteiger partial charge is 0.151 e. The van der Waals surface area contributed by atoms with Gasteiger partial charge in [0.2, 0.25) is 0 Å². The summed E-state index contributed by atoms with van der Waals surface area (Å²) in [6.07, 6.45) is 0. The molecule has 0 saturated carbocycles. The maximum atomic E-state index is 6.92. The molecule has 220 valence electrons. The lowest BCUT2D eigenvalue weighted by Gasteiger charge is -2.32. The van der Waals surface area contributed by atoms with Crippen molar-refractivity contribution in [2.45, 2.75) is 0 Å². The summed E-state index contributed by atoms with van der Waals surface area (Å²) in [4.78, 5) is 3.55. The predicted molar refractivity (Wildman–Crippen MR) is 194 cm³/mol. The average molecular weight is 621 g/mol. The Labute approximate surface area is 273 Å². The number of rotatable bonds is 3. The van der Waals surface area contributed by atoms with Crippen LogP contribution >= 0.6 is 11.3 Å². The summed E-state index contributed by atoms with van der Waals surface area (Å²) in [6, 6.07) is 49.2. The van der Waals surface area contributed by atoms with E-state index < -0.39 is 0 Å². The second-order valence-electron chi connectivity index (χ2n) is 12.1. The summed E-state index contributed by atoms with van der Waals surface area (Å²) in [5.74, 6) is 3.46. The number of benzene rings is 6. The average Bonchev–Trinajstić information content (AvgIpc) is 3.90. The van der Waals surface area contributed by atoms with Crippen molar-refractivity contribution in [2.24, 2.45) is 0 Å². The van der Waals surface area contributed by atoms with E-state index in [-0.39, 0.29) is 0 Å². The van der Waals surface area contributed by atoms with Gasteiger partial charge in [0.15, 0.2) is 11.5 Å². The Hall–Kier alpha value is -6.04. The molecule has 47 heavy (non-hydrogen) atoms. The molecule has 1 aliphatic heterocycles. The minimum atomic E-state index is 0.843. The maximum absolute atomic E-state index is 6.92. The molecule has 0 N–H and O–H groups in total. The van der Waals surface area contributed by atoms with Crippen LogP contribution in [0, 0.1) is 0 Å². The Morgan fingerprint density at radius 1 is 0.489 bits per heavy atom. The monoisotopic (exact) mass is 620 g/mol. The van der Waals surface area contributed by atoms with Gasteiger partial charge in [-0.25, -0.2) is 0 Å². The standard InChI is InChI=1S/C42H24N2O2S/c1-2-11-30-29(10-1)40(25-17-19-27(20-18-25)43-35-13-5-7-15-37(35)45-38-16-8-6-14-36(38)43)46-41(30)26-23-32-28-9-3-4-12-34(28)44-39(32)33(24-26)31-21-22-47-42(31)44/h1-24H. The van der Waals surface area contributed by atoms with E-state index in [2.05, 4.69) is 130 Å². The van der Waals surface area contributed by atoms with Gasteiger partial charge >= 0.3 is 0 Å². The van der Waals surface area contributed by atoms with Gasteiger partial charge in [0.25, 0.3) is 0 Å². The van der Waals surface area contributed by atoms with Gasteiger partial charge < -0.3 is 14.1 Å². The van der Waals surface area contributed by atoms with E-state index in [0.29, 0.717) is 0 Å². The lowest BCUT2D eigenvalue weighted by Crippen LogP contribution is -2.15. The summed E-state index contributed by atoms with van der Waals surface area (Å²) in [5.41, 5.74) is 7.76. The normalized spacial score (nSPS) is 12.8. The van der Waals surface area contributed by atoms with E-state index in [0.717, 1.165) is 62.0 Å². The minimum absolute atomic E-state index is 0.843. The minimum Gasteiger partial charge on any atom is -0.455 e. The first-order valence-electron chi connectivity index (χ1n) is 15.8. The van der Waals surface area contributed by atoms with Gasteiger partial charge in [-0.3, -0.25) is 4.40 Å². The Bertz CT molecular complexity index is 2790. The third-order valence-corrected chi connectivity index (χ3v) is 10.5. The number of anilines is 3. The van der Waals surface area contributed by atoms with Gasteiger partial charge in [0, 0.05) is 49.1 Å². The summed E-state index contributed by atoms with van der Waals surface area (Å²) in [5, 5.41) is 9.49. The number of fused-ring (bicyclic) bond motifs is 9. The van der Waals surface area contributed by atoms with Gasteiger partial charge in [-0.1, -0.05) is 66.7 Å². The molecule has 4 aromatic heterocycles. The van der Waals surface area contributed by atoms with Crippen LogP contribution in [-0.2, 0) is 0 Å². The van der Waals surface area contributed by atoms with Gasteiger partial charge in [-0.15, -0.1) is 11.3 Å². The lowest BCUT2D eigenvalue weighted by molar-refractivity contribution is 0.477. The van der Waals surface area contributed by atoms with E-state index in [9.17, 15) is 0 Å². The molecule has 0 bridgehead atoms. The second kappa shape index (κ2) is 9.25. The third-order valence-electron chi connectivity index (χ3n) is 9.61. The summed E-state index contributed by atoms with van der Waals surface area (Å²) >= 11 is 1.80. The first kappa shape index (κ1) is 25.2. The molecule has 0 spiro atoms. The Balaban J connectivity index is 1.08. The topological polar surface area (TPSA) is 30.0 Å². The molecule has 0 saturated heterocycles. The van der Waals surface area contributed by atoms with Crippen molar-refractivity contribution in [3.05, 3.63) is 145 Å². The molecule has 4 nitrogen and oxygen atoms in total. The highest BCUT2D eigenvalue weighted by Crippen LogP contribution is 2.51. The molecule has 0 radical (unpaired) electrons. The fraction of sp³-hybridized carbons (Fsp3) is 0. The molecular formula is C42H24N2O2S. The van der Waals surface area contributed by atoms with E-state index >= 15 is 0 Å². The second-order valence-corrected chi connectivity index (χ2v) is 13.0. The first-order chi connectivity index (χ1) is 23.3. The zero-order valence-corrected chi connectivity index (χ0v) is 25.8. The SMILES string of the molecule is c1ccc2c(c1)Oc1ccccc1N2c1ccc(-c2oc(-c3cc4c5ccccc5n5c6sccc6c(c3)c45)c3ccccc23)cc1. The number of nitrogens with zero attached hydrogens (tertiary/aromatic N) is 2. The van der Waals surface area contributed by atoms with Crippen LogP contribution in [0.1, 0.15) is 0 Å². The zero-order chi connectivity index (χ0) is 30.6. The van der Waals surface area contributed by atoms with Crippen molar-refractivity contribution in [1.82, 2.24) is 4.40 Å². The van der Waals surface area contributed by atoms with E-state index in [1.54, 1.807) is 11.3 Å². The molecule has 10 aromatic rings. The molecule has 0 fully saturated rings. The van der Waals surface area contributed by atoms with Crippen LogP contribution in [0.5, 0.6) is 11.5 Å². The van der Waals surface area contributed by atoms with Crippen molar-refractivity contribution in [1.29, 1.82) is 0 Å². The summed E-state index contributed by atoms with van der Waals surface area (Å²) in [7, 11) is 0. The van der Waals surface area contributed by atoms with Crippen molar-refractivity contribution in [2.75, 3.05) is 4.90 Å². The van der Waals surface area contributed by atoms with Gasteiger partial charge in [0.1, 0.15) is 16.4 Å². The molecule has 0 aliphatic carbocycles. The molecule has 5 heterocycles.